The first-order valence-corrected chi connectivity index (χ1v) is 52.1. The quantitative estimate of drug-likeness (QED) is 0.0202. The number of rotatable bonds is 87. The molecule has 0 saturated carbocycles. The molecule has 746 valence electrons. The van der Waals surface area contributed by atoms with Crippen LogP contribution in [0, 0.1) is 0 Å². The third kappa shape index (κ3) is 52.4. The first-order valence-electron chi connectivity index (χ1n) is 48.9. The summed E-state index contributed by atoms with van der Waals surface area (Å²) in [6.45, 7) is 27.1. The number of ether oxygens (including phenoxy) is 18. The van der Waals surface area contributed by atoms with E-state index < -0.39 is 66.5 Å². The fraction of sp³-hybridized carbons (Fsp3) is 0.786. The Kier molecular flexibility index (Phi) is 61.0. The second-order valence-electron chi connectivity index (χ2n) is 35.3. The normalized spacial score (nSPS) is 15.4. The van der Waals surface area contributed by atoms with Crippen molar-refractivity contribution in [2.45, 2.75) is 263 Å². The number of carboxylic acid groups (broad SMARTS) is 1. The van der Waals surface area contributed by atoms with Gasteiger partial charge in [-0.1, -0.05) is 187 Å². The summed E-state index contributed by atoms with van der Waals surface area (Å²) in [5.41, 5.74) is 0.969. The van der Waals surface area contributed by atoms with E-state index in [9.17, 15) is 40.6 Å². The number of hydrogen-bond donors (Lipinski definition) is 5. The minimum atomic E-state index is -4.47. The van der Waals surface area contributed by atoms with E-state index in [1.54, 1.807) is 24.3 Å². The van der Waals surface area contributed by atoms with Crippen molar-refractivity contribution in [3.8, 4) is 11.5 Å². The first kappa shape index (κ1) is 114. The fourth-order valence-electron chi connectivity index (χ4n) is 16.2. The van der Waals surface area contributed by atoms with Crippen LogP contribution in [0.5, 0.6) is 11.5 Å². The smallest absolute Gasteiger partial charge is 0.336 e. The molecule has 6 rings (SSSR count). The highest BCUT2D eigenvalue weighted by Gasteiger charge is 2.38. The molecule has 1 amide bonds. The zero-order valence-corrected chi connectivity index (χ0v) is 81.5. The summed E-state index contributed by atoms with van der Waals surface area (Å²) in [5.74, 6) is -3.91. The summed E-state index contributed by atoms with van der Waals surface area (Å²) >= 11 is 0. The van der Waals surface area contributed by atoms with Gasteiger partial charge in [-0.15, -0.1) is 0 Å². The van der Waals surface area contributed by atoms with E-state index >= 15 is 0 Å². The van der Waals surface area contributed by atoms with Gasteiger partial charge in [-0.05, 0) is 94.3 Å². The van der Waals surface area contributed by atoms with E-state index in [-0.39, 0.29) is 61.3 Å². The number of hydrogen-bond acceptors (Lipinski definition) is 26. The number of fused-ring (bicyclic) bond motifs is 4. The second kappa shape index (κ2) is 69.8. The lowest BCUT2D eigenvalue weighted by Gasteiger charge is -2.39. The summed E-state index contributed by atoms with van der Waals surface area (Å²) in [6, 6.07) is 11.1. The fourth-order valence-corrected chi connectivity index (χ4v) is 17.8. The Balaban J connectivity index is 0.673. The molecule has 3 unspecified atom stereocenters. The molecule has 3 aromatic rings. The lowest BCUT2D eigenvalue weighted by molar-refractivity contribution is -0.0702. The van der Waals surface area contributed by atoms with Crippen molar-refractivity contribution in [1.82, 2.24) is 5.32 Å². The van der Waals surface area contributed by atoms with Gasteiger partial charge in [0, 0.05) is 76.9 Å². The number of aromatic carboxylic acids is 1. The predicted octanol–water partition coefficient (Wildman–Crippen LogP) is 15.4. The molecule has 0 spiro atoms. The third-order valence-electron chi connectivity index (χ3n) is 22.8. The molecule has 0 radical (unpaired) electrons. The first-order chi connectivity index (χ1) is 63.1. The zero-order chi connectivity index (χ0) is 93.3. The van der Waals surface area contributed by atoms with Crippen molar-refractivity contribution >= 4 is 43.4 Å². The number of carbonyl (C=O) groups excluding carboxylic acids is 1. The van der Waals surface area contributed by atoms with Crippen LogP contribution >= 0.6 is 0 Å². The molecule has 3 atom stereocenters. The maximum atomic E-state index is 13.6. The van der Waals surface area contributed by atoms with E-state index in [1.807, 2.05) is 27.7 Å². The van der Waals surface area contributed by atoms with Crippen LogP contribution in [0.2, 0.25) is 0 Å². The van der Waals surface area contributed by atoms with Crippen LogP contribution in [0.4, 0.5) is 5.69 Å². The number of benzene rings is 3. The highest BCUT2D eigenvalue weighted by atomic mass is 32.2. The molecule has 0 fully saturated rings. The van der Waals surface area contributed by atoms with Gasteiger partial charge in [-0.2, -0.15) is 16.8 Å². The Morgan fingerprint density at radius 2 is 0.769 bits per heavy atom. The molecule has 3 aliphatic heterocycles. The van der Waals surface area contributed by atoms with Gasteiger partial charge in [0.1, 0.15) is 17.6 Å². The minimum Gasteiger partial charge on any atom is -0.478 e. The number of carboxylic acids is 1. The summed E-state index contributed by atoms with van der Waals surface area (Å²) in [5, 5.41) is 17.9. The van der Waals surface area contributed by atoms with Crippen LogP contribution < -0.4 is 25.9 Å². The topological polar surface area (TPSA) is 366 Å². The van der Waals surface area contributed by atoms with Crippen molar-refractivity contribution in [3.63, 3.8) is 0 Å². The average molecular weight is 1880 g/mol. The summed E-state index contributed by atoms with van der Waals surface area (Å²) in [6.07, 6.45) is 38.2. The molecule has 3 aliphatic rings. The van der Waals surface area contributed by atoms with Gasteiger partial charge < -0.3 is 101 Å². The van der Waals surface area contributed by atoms with Crippen LogP contribution in [-0.4, -0.2) is 296 Å². The number of amides is 1. The van der Waals surface area contributed by atoms with Gasteiger partial charge in [0.2, 0.25) is 0 Å². The number of anilines is 1. The van der Waals surface area contributed by atoms with Crippen LogP contribution in [0.25, 0.3) is 5.57 Å². The minimum absolute atomic E-state index is 0.0476. The lowest BCUT2D eigenvalue weighted by Crippen LogP contribution is -2.39. The molecule has 30 nitrogen and oxygen atoms in total. The van der Waals surface area contributed by atoms with Crippen molar-refractivity contribution in [2.75, 3.05) is 241 Å². The second-order valence-corrected chi connectivity index (χ2v) is 38.3. The number of nitrogens with one attached hydrogen (secondary N) is 2. The van der Waals surface area contributed by atoms with Crippen LogP contribution in [-0.2, 0) is 101 Å². The zero-order valence-electron chi connectivity index (χ0n) is 79.8. The lowest BCUT2D eigenvalue weighted by atomic mass is 9.79. The molecular weight excluding hydrogens is 1720 g/mol. The van der Waals surface area contributed by atoms with Gasteiger partial charge in [0.15, 0.2) is 0 Å². The Labute approximate surface area is 777 Å². The van der Waals surface area contributed by atoms with Crippen molar-refractivity contribution in [3.05, 3.63) is 86.4 Å². The van der Waals surface area contributed by atoms with Crippen molar-refractivity contribution in [1.29, 1.82) is 0 Å². The van der Waals surface area contributed by atoms with Gasteiger partial charge >= 0.3 is 5.97 Å². The summed E-state index contributed by atoms with van der Waals surface area (Å²) in [7, 11) is -8.92. The summed E-state index contributed by atoms with van der Waals surface area (Å²) in [4.78, 5) is 31.8. The van der Waals surface area contributed by atoms with E-state index in [0.29, 0.717) is 236 Å². The van der Waals surface area contributed by atoms with E-state index in [1.165, 1.54) is 185 Å². The molecule has 130 heavy (non-hydrogen) atoms. The maximum Gasteiger partial charge on any atom is 0.336 e. The highest BCUT2D eigenvalue weighted by molar-refractivity contribution is 7.86. The molecule has 3 heterocycles. The largest absolute Gasteiger partial charge is 0.478 e. The van der Waals surface area contributed by atoms with Gasteiger partial charge in [0.05, 0.1) is 233 Å². The average Bonchev–Trinajstić information content (AvgIpc) is 0.721. The predicted molar refractivity (Wildman–Crippen MR) is 504 cm³/mol. The summed E-state index contributed by atoms with van der Waals surface area (Å²) < 4.78 is 174. The molecule has 32 heteroatoms. The van der Waals surface area contributed by atoms with E-state index in [2.05, 4.69) is 24.5 Å². The standard InChI is InChI=1S/C98H165N3O27S2/c1-7-9-11-13-15-17-19-21-23-25-27-29-31-33-38-125-76-83(127-39-34-32-30-28-26-24-22-20-18-16-14-12-10-8-2)77-126-68-67-124-66-65-123-64-63-122-62-61-121-60-59-120-58-57-119-56-55-118-54-53-117-52-51-116-50-49-115-48-47-114-46-45-113-44-43-112-42-41-111-40-37-99-95(102)80-35-36-84(87(69-80)96(103)104)94-88-70-85-81(78-129(105,106)107)74-97(3,4)100-90(85)72-92(88)128-93-73-91-86(71-89(93)94)82(79-130(108,109)110)75-98(5,6)101-91/h35-36,69-73,81-83,100H,7-34,37-68,74-79H2,1-6H3,(H,99,102)(H,103,104)(H,105,106,107)(H,108,109,110). The Morgan fingerprint density at radius 3 is 1.15 bits per heavy atom. The van der Waals surface area contributed by atoms with Gasteiger partial charge in [-0.3, -0.25) is 18.9 Å². The molecule has 0 bridgehead atoms. The van der Waals surface area contributed by atoms with Crippen LogP contribution in [0.1, 0.15) is 289 Å². The Hall–Kier alpha value is -4.99. The van der Waals surface area contributed by atoms with Gasteiger partial charge in [-0.25, -0.2) is 4.79 Å². The number of carbonyl (C=O) groups is 2. The SMILES string of the molecule is CCCCCCCCCCCCCCCCOCC(COCCOCCOCCOCCOCCOCCOCCOCCOCCOCCOCCOCCOCCOCCOCCNC(=O)c1ccc(C2=c3cc4c(cc3Oc3cc5c(cc32)C(CS(=O)(=O)O)CC(C)(C)N5)=NC(C)(C)CC4CS(=O)(=O)O)c(C(=O)O)c1)OCCCCCCCCCCCCCCCC. The molecule has 3 aromatic carbocycles. The molecule has 0 aromatic heterocycles. The van der Waals surface area contributed by atoms with Crippen molar-refractivity contribution < 1.29 is 126 Å². The monoisotopic (exact) mass is 1880 g/mol. The van der Waals surface area contributed by atoms with Crippen molar-refractivity contribution in [2.24, 2.45) is 4.99 Å². The van der Waals surface area contributed by atoms with Crippen LogP contribution in [0.15, 0.2) is 47.5 Å². The third-order valence-corrected chi connectivity index (χ3v) is 24.4. The van der Waals surface area contributed by atoms with Crippen LogP contribution in [0.3, 0.4) is 0 Å². The van der Waals surface area contributed by atoms with E-state index in [0.717, 1.165) is 26.1 Å². The maximum absolute atomic E-state index is 13.6. The Bertz CT molecular complexity index is 3860. The number of unbranched alkanes of at least 4 members (excludes halogenated alkanes) is 26. The Morgan fingerprint density at radius 1 is 0.415 bits per heavy atom. The molecular formula is C98H165N3O27S2. The molecule has 0 saturated heterocycles. The molecule has 0 aliphatic carbocycles. The highest BCUT2D eigenvalue weighted by Crippen LogP contribution is 2.47. The van der Waals surface area contributed by atoms with E-state index in [4.69, 9.17) is 90.3 Å². The number of nitrogens with zero attached hydrogens (tertiary/aromatic N) is 1. The van der Waals surface area contributed by atoms with Gasteiger partial charge in [0.25, 0.3) is 26.1 Å². The molecule has 5 N–H and O–H groups in total.